The van der Waals surface area contributed by atoms with E-state index in [1.165, 1.54) is 0 Å². The van der Waals surface area contributed by atoms with Crippen LogP contribution < -0.4 is 0 Å². The monoisotopic (exact) mass is 304 g/mol. The van der Waals surface area contributed by atoms with Crippen molar-refractivity contribution in [3.05, 3.63) is 35.9 Å². The van der Waals surface area contributed by atoms with Gasteiger partial charge in [0.2, 0.25) is 6.04 Å². The number of hydrogen-bond acceptors (Lipinski definition) is 4. The first-order valence-corrected chi connectivity index (χ1v) is 7.39. The van der Waals surface area contributed by atoms with E-state index in [9.17, 15) is 19.5 Å². The molecule has 2 amide bonds. The van der Waals surface area contributed by atoms with Gasteiger partial charge in [0.15, 0.2) is 6.10 Å². The van der Waals surface area contributed by atoms with Gasteiger partial charge in [-0.15, -0.1) is 0 Å². The largest absolute Gasteiger partial charge is 0.477 e. The predicted octanol–water partition coefficient (Wildman–Crippen LogP) is 1.09. The smallest absolute Gasteiger partial charge is 0.363 e. The molecule has 1 N–H and O–H groups in total. The maximum absolute atomic E-state index is 12.6. The van der Waals surface area contributed by atoms with Gasteiger partial charge in [-0.1, -0.05) is 30.3 Å². The van der Waals surface area contributed by atoms with E-state index in [0.29, 0.717) is 12.8 Å². The number of benzene rings is 1. The summed E-state index contributed by atoms with van der Waals surface area (Å²) >= 11 is 0. The van der Waals surface area contributed by atoms with E-state index in [2.05, 4.69) is 0 Å². The van der Waals surface area contributed by atoms with Gasteiger partial charge < -0.3 is 9.84 Å². The Kier molecular flexibility index (Phi) is 3.80. The lowest BCUT2D eigenvalue weighted by Gasteiger charge is -2.27. The summed E-state index contributed by atoms with van der Waals surface area (Å²) in [6.45, 7) is 0.516. The van der Waals surface area contributed by atoms with Gasteiger partial charge in [-0.3, -0.25) is 0 Å². The quantitative estimate of drug-likeness (QED) is 0.665. The number of nitrogens with zero attached hydrogens (tertiary/aromatic N) is 1. The van der Waals surface area contributed by atoms with Gasteiger partial charge in [0.1, 0.15) is 6.42 Å². The molecule has 0 aromatic heterocycles. The van der Waals surface area contributed by atoms with Crippen LogP contribution in [0.3, 0.4) is 0 Å². The predicted molar refractivity (Wildman–Crippen MR) is 75.4 cm³/mol. The normalized spacial score (nSPS) is 31.1. The van der Waals surface area contributed by atoms with Gasteiger partial charge in [0.05, 0.1) is 13.2 Å². The summed E-state index contributed by atoms with van der Waals surface area (Å²) in [5.74, 6) is -1.80. The number of ether oxygens (including phenoxy) is 1. The molecule has 2 saturated heterocycles. The van der Waals surface area contributed by atoms with Crippen molar-refractivity contribution in [2.24, 2.45) is 0 Å². The number of hydrogen-bond donors (Lipinski definition) is 1. The summed E-state index contributed by atoms with van der Waals surface area (Å²) in [7, 11) is 0. The van der Waals surface area contributed by atoms with Crippen LogP contribution in [0.2, 0.25) is 0 Å². The topological polar surface area (TPSA) is 80.7 Å². The van der Waals surface area contributed by atoms with Crippen LogP contribution in [0.1, 0.15) is 24.8 Å². The van der Waals surface area contributed by atoms with Crippen LogP contribution in [0.15, 0.2) is 30.3 Å². The SMILES string of the molecule is O=C(O)[C@@H]1CCC[N+]12C(=O)CC(OCc1ccccc1)C2=O. The molecule has 22 heavy (non-hydrogen) atoms. The zero-order valence-electron chi connectivity index (χ0n) is 12.1. The third-order valence-electron chi connectivity index (χ3n) is 4.57. The minimum Gasteiger partial charge on any atom is -0.477 e. The lowest BCUT2D eigenvalue weighted by molar-refractivity contribution is -0.778. The highest BCUT2D eigenvalue weighted by Crippen LogP contribution is 2.36. The Morgan fingerprint density at radius 1 is 1.27 bits per heavy atom. The average Bonchev–Trinajstić information content (AvgIpc) is 3.06. The van der Waals surface area contributed by atoms with Crippen molar-refractivity contribution in [2.75, 3.05) is 6.54 Å². The standard InChI is InChI=1S/C16H17NO5/c18-14-9-13(22-10-11-5-2-1-3-6-11)15(19)17(14)8-4-7-12(17)16(20)21/h1-3,5-6,12-13H,4,7-10H2/p+1/t12-,13?,17?/m0/s1. The van der Waals surface area contributed by atoms with E-state index in [1.807, 2.05) is 30.3 Å². The first-order chi connectivity index (χ1) is 10.6. The molecule has 0 saturated carbocycles. The molecule has 1 aromatic carbocycles. The van der Waals surface area contributed by atoms with Crippen LogP contribution in [0.4, 0.5) is 0 Å². The number of carbonyl (C=O) groups excluding carboxylic acids is 2. The van der Waals surface area contributed by atoms with E-state index in [4.69, 9.17) is 4.74 Å². The number of carboxylic acids is 1. The van der Waals surface area contributed by atoms with Gasteiger partial charge in [-0.25, -0.2) is 14.4 Å². The van der Waals surface area contributed by atoms with E-state index in [0.717, 1.165) is 5.56 Å². The fraction of sp³-hybridized carbons (Fsp3) is 0.438. The van der Waals surface area contributed by atoms with E-state index in [-0.39, 0.29) is 25.5 Å². The number of amides is 2. The molecule has 3 atom stereocenters. The van der Waals surface area contributed by atoms with Crippen LogP contribution in [-0.4, -0.2) is 46.1 Å². The fourth-order valence-electron chi connectivity index (χ4n) is 3.47. The minimum absolute atomic E-state index is 0.0323. The fourth-order valence-corrected chi connectivity index (χ4v) is 3.47. The van der Waals surface area contributed by atoms with Crippen molar-refractivity contribution >= 4 is 17.8 Å². The number of aliphatic carboxylic acids is 1. The van der Waals surface area contributed by atoms with E-state index < -0.39 is 28.5 Å². The van der Waals surface area contributed by atoms with Crippen LogP contribution in [0.25, 0.3) is 0 Å². The summed E-state index contributed by atoms with van der Waals surface area (Å²) in [4.78, 5) is 36.4. The Morgan fingerprint density at radius 3 is 2.68 bits per heavy atom. The van der Waals surface area contributed by atoms with Crippen molar-refractivity contribution in [1.82, 2.24) is 0 Å². The number of carbonyl (C=O) groups is 3. The first-order valence-electron chi connectivity index (χ1n) is 7.39. The average molecular weight is 304 g/mol. The van der Waals surface area contributed by atoms with Crippen LogP contribution >= 0.6 is 0 Å². The number of quaternary nitrogens is 1. The van der Waals surface area contributed by atoms with Gasteiger partial charge in [0, 0.05) is 12.8 Å². The van der Waals surface area contributed by atoms with Crippen LogP contribution in [-0.2, 0) is 25.7 Å². The third kappa shape index (κ3) is 2.24. The molecule has 0 radical (unpaired) electrons. The molecular weight excluding hydrogens is 286 g/mol. The van der Waals surface area contributed by atoms with Crippen molar-refractivity contribution in [3.63, 3.8) is 0 Å². The molecule has 2 aliphatic rings. The Hall–Kier alpha value is -2.05. The summed E-state index contributed by atoms with van der Waals surface area (Å²) in [6, 6.07) is 8.42. The van der Waals surface area contributed by atoms with Crippen LogP contribution in [0.5, 0.6) is 0 Å². The summed E-state index contributed by atoms with van der Waals surface area (Å²) in [5, 5.41) is 9.31. The summed E-state index contributed by atoms with van der Waals surface area (Å²) < 4.78 is 5.05. The maximum atomic E-state index is 12.6. The molecule has 2 fully saturated rings. The van der Waals surface area contributed by atoms with Gasteiger partial charge >= 0.3 is 17.8 Å². The molecule has 2 aliphatic heterocycles. The zero-order chi connectivity index (χ0) is 15.7. The van der Waals surface area contributed by atoms with Crippen molar-refractivity contribution < 1.29 is 28.7 Å². The molecule has 0 aliphatic carbocycles. The second-order valence-corrected chi connectivity index (χ2v) is 5.81. The van der Waals surface area contributed by atoms with E-state index in [1.54, 1.807) is 0 Å². The summed E-state index contributed by atoms with van der Waals surface area (Å²) in [5.41, 5.74) is 0.914. The molecule has 1 spiro atoms. The molecule has 116 valence electrons. The summed E-state index contributed by atoms with van der Waals surface area (Å²) in [6.07, 6.45) is 0.0562. The first kappa shape index (κ1) is 14.9. The highest BCUT2D eigenvalue weighted by molar-refractivity contribution is 5.98. The van der Waals surface area contributed by atoms with Crippen molar-refractivity contribution in [3.8, 4) is 0 Å². The molecule has 3 rings (SSSR count). The highest BCUT2D eigenvalue weighted by Gasteiger charge is 2.64. The Bertz CT molecular complexity index is 614. The van der Waals surface area contributed by atoms with Gasteiger partial charge in [-0.05, 0) is 5.56 Å². The number of rotatable bonds is 4. The van der Waals surface area contributed by atoms with Crippen molar-refractivity contribution in [2.45, 2.75) is 38.0 Å². The third-order valence-corrected chi connectivity index (χ3v) is 4.57. The van der Waals surface area contributed by atoms with E-state index >= 15 is 0 Å². The highest BCUT2D eigenvalue weighted by atomic mass is 16.5. The Morgan fingerprint density at radius 2 is 2.00 bits per heavy atom. The molecule has 2 unspecified atom stereocenters. The minimum atomic E-state index is -1.08. The molecule has 0 bridgehead atoms. The molecule has 2 heterocycles. The Labute approximate surface area is 127 Å². The Balaban J connectivity index is 1.76. The molecule has 6 heteroatoms. The lowest BCUT2D eigenvalue weighted by Crippen LogP contribution is -2.59. The molecular formula is C16H18NO5+. The maximum Gasteiger partial charge on any atom is 0.363 e. The van der Waals surface area contributed by atoms with Gasteiger partial charge in [-0.2, -0.15) is 4.48 Å². The number of imide groups is 1. The molecule has 6 nitrogen and oxygen atoms in total. The number of carboxylic acid groups (broad SMARTS) is 1. The van der Waals surface area contributed by atoms with Crippen molar-refractivity contribution in [1.29, 1.82) is 0 Å². The lowest BCUT2D eigenvalue weighted by atomic mass is 10.2. The second-order valence-electron chi connectivity index (χ2n) is 5.81. The van der Waals surface area contributed by atoms with Crippen LogP contribution in [0, 0.1) is 0 Å². The zero-order valence-corrected chi connectivity index (χ0v) is 12.1. The second kappa shape index (κ2) is 5.62. The molecule has 1 aromatic rings. The van der Waals surface area contributed by atoms with Gasteiger partial charge in [0.25, 0.3) is 0 Å².